The number of rotatable bonds is 4. The van der Waals surface area contributed by atoms with E-state index >= 15 is 0 Å². The lowest BCUT2D eigenvalue weighted by Crippen LogP contribution is -2.27. The van der Waals surface area contributed by atoms with Crippen molar-refractivity contribution in [1.29, 1.82) is 0 Å². The summed E-state index contributed by atoms with van der Waals surface area (Å²) >= 11 is 0. The molecule has 2 heterocycles. The number of hydrogen-bond acceptors (Lipinski definition) is 4. The molecule has 4 nitrogen and oxygen atoms in total. The first-order chi connectivity index (χ1) is 8.11. The van der Waals surface area contributed by atoms with Gasteiger partial charge in [0.05, 0.1) is 5.69 Å². The summed E-state index contributed by atoms with van der Waals surface area (Å²) in [5, 5.41) is 0. The van der Waals surface area contributed by atoms with E-state index < -0.39 is 0 Å². The van der Waals surface area contributed by atoms with Crippen molar-refractivity contribution in [2.45, 2.75) is 45.1 Å². The molecule has 2 rings (SSSR count). The molecule has 1 aliphatic heterocycles. The van der Waals surface area contributed by atoms with E-state index in [2.05, 4.69) is 30.7 Å². The topological polar surface area (TPSA) is 55.3 Å². The fourth-order valence-corrected chi connectivity index (χ4v) is 2.29. The monoisotopic (exact) mass is 237 g/mol. The van der Waals surface area contributed by atoms with Gasteiger partial charge in [-0.05, 0) is 26.8 Å². The Morgan fingerprint density at radius 2 is 2.29 bits per heavy atom. The maximum Gasteiger partial charge on any atom is 0.198 e. The average molecular weight is 237 g/mol. The Kier molecular flexibility index (Phi) is 3.84. The highest BCUT2D eigenvalue weighted by atomic mass is 16.3. The third-order valence-corrected chi connectivity index (χ3v) is 3.70. The molecule has 0 saturated carbocycles. The van der Waals surface area contributed by atoms with Gasteiger partial charge in [0.2, 0.25) is 0 Å². The lowest BCUT2D eigenvalue weighted by molar-refractivity contribution is 0.268. The molecule has 0 bridgehead atoms. The molecule has 0 radical (unpaired) electrons. The first-order valence-electron chi connectivity index (χ1n) is 6.51. The molecule has 1 aliphatic rings. The summed E-state index contributed by atoms with van der Waals surface area (Å²) in [7, 11) is 0. The molecule has 0 amide bonds. The molecule has 1 aromatic rings. The smallest absolute Gasteiger partial charge is 0.198 e. The number of oxazole rings is 1. The van der Waals surface area contributed by atoms with E-state index in [1.807, 2.05) is 0 Å². The average Bonchev–Trinajstić information content (AvgIpc) is 2.95. The fraction of sp³-hybridized carbons (Fsp3) is 0.769. The number of aromatic nitrogens is 1. The minimum Gasteiger partial charge on any atom is -0.448 e. The van der Waals surface area contributed by atoms with Crippen LogP contribution in [0, 0.1) is 0 Å². The summed E-state index contributed by atoms with van der Waals surface area (Å²) in [6, 6.07) is 0.609. The Morgan fingerprint density at radius 1 is 1.53 bits per heavy atom. The molecule has 1 saturated heterocycles. The van der Waals surface area contributed by atoms with Crippen LogP contribution >= 0.6 is 0 Å². The second kappa shape index (κ2) is 5.19. The third-order valence-electron chi connectivity index (χ3n) is 3.70. The predicted octanol–water partition coefficient (Wildman–Crippen LogP) is 1.93. The third kappa shape index (κ3) is 2.69. The van der Waals surface area contributed by atoms with Crippen molar-refractivity contribution in [3.05, 3.63) is 17.8 Å². The second-order valence-electron chi connectivity index (χ2n) is 5.32. The van der Waals surface area contributed by atoms with Crippen LogP contribution in [0.1, 0.15) is 50.6 Å². The molecular formula is C13H23N3O. The summed E-state index contributed by atoms with van der Waals surface area (Å²) in [6.07, 6.45) is 2.92. The van der Waals surface area contributed by atoms with E-state index in [0.717, 1.165) is 31.1 Å². The molecule has 1 fully saturated rings. The summed E-state index contributed by atoms with van der Waals surface area (Å²) in [5.74, 6) is 1.63. The standard InChI is InChI=1S/C13H23N3O/c1-9(2)16-5-4-11(7-16)13-15-12(8-17-13)10(3)6-14/h8-11H,4-7,14H2,1-3H3. The normalized spacial score (nSPS) is 23.5. The number of nitrogens with zero attached hydrogens (tertiary/aromatic N) is 2. The van der Waals surface area contributed by atoms with Gasteiger partial charge in [-0.1, -0.05) is 6.92 Å². The Hall–Kier alpha value is -0.870. The van der Waals surface area contributed by atoms with Crippen LogP contribution in [0.5, 0.6) is 0 Å². The second-order valence-corrected chi connectivity index (χ2v) is 5.32. The summed E-state index contributed by atoms with van der Waals surface area (Å²) in [4.78, 5) is 7.06. The van der Waals surface area contributed by atoms with Crippen molar-refractivity contribution in [1.82, 2.24) is 9.88 Å². The zero-order valence-corrected chi connectivity index (χ0v) is 11.0. The SMILES string of the molecule is CC(CN)c1coc(C2CCN(C(C)C)C2)n1. The maximum atomic E-state index is 5.64. The van der Waals surface area contributed by atoms with Crippen LogP contribution in [-0.4, -0.2) is 35.6 Å². The van der Waals surface area contributed by atoms with Crippen LogP contribution in [-0.2, 0) is 0 Å². The molecule has 2 N–H and O–H groups in total. The Bertz CT molecular complexity index is 361. The molecule has 17 heavy (non-hydrogen) atoms. The molecule has 2 atom stereocenters. The zero-order valence-electron chi connectivity index (χ0n) is 11.0. The molecule has 96 valence electrons. The molecule has 2 unspecified atom stereocenters. The first kappa shape index (κ1) is 12.6. The Morgan fingerprint density at radius 3 is 2.88 bits per heavy atom. The van der Waals surface area contributed by atoms with E-state index in [1.54, 1.807) is 6.26 Å². The summed E-state index contributed by atoms with van der Waals surface area (Å²) in [5.41, 5.74) is 6.63. The summed E-state index contributed by atoms with van der Waals surface area (Å²) in [6.45, 7) is 9.38. The fourth-order valence-electron chi connectivity index (χ4n) is 2.29. The quantitative estimate of drug-likeness (QED) is 0.869. The summed E-state index contributed by atoms with van der Waals surface area (Å²) < 4.78 is 5.61. The molecular weight excluding hydrogens is 214 g/mol. The highest BCUT2D eigenvalue weighted by molar-refractivity contribution is 5.08. The van der Waals surface area contributed by atoms with Crippen LogP contribution in [0.4, 0.5) is 0 Å². The number of hydrogen-bond donors (Lipinski definition) is 1. The predicted molar refractivity (Wildman–Crippen MR) is 68.0 cm³/mol. The van der Waals surface area contributed by atoms with E-state index in [-0.39, 0.29) is 5.92 Å². The van der Waals surface area contributed by atoms with Crippen molar-refractivity contribution in [3.63, 3.8) is 0 Å². The molecule has 0 aliphatic carbocycles. The lowest BCUT2D eigenvalue weighted by Gasteiger charge is -2.19. The van der Waals surface area contributed by atoms with Gasteiger partial charge in [-0.25, -0.2) is 4.98 Å². The molecule has 4 heteroatoms. The van der Waals surface area contributed by atoms with Crippen LogP contribution in [0.15, 0.2) is 10.7 Å². The molecule has 0 spiro atoms. The van der Waals surface area contributed by atoms with Gasteiger partial charge >= 0.3 is 0 Å². The van der Waals surface area contributed by atoms with E-state index in [9.17, 15) is 0 Å². The van der Waals surface area contributed by atoms with E-state index in [4.69, 9.17) is 10.2 Å². The number of likely N-dealkylation sites (tertiary alicyclic amines) is 1. The Balaban J connectivity index is 2.02. The van der Waals surface area contributed by atoms with Gasteiger partial charge in [-0.15, -0.1) is 0 Å². The van der Waals surface area contributed by atoms with Crippen LogP contribution in [0.2, 0.25) is 0 Å². The van der Waals surface area contributed by atoms with Crippen molar-refractivity contribution in [3.8, 4) is 0 Å². The van der Waals surface area contributed by atoms with Gasteiger partial charge in [0.1, 0.15) is 6.26 Å². The van der Waals surface area contributed by atoms with E-state index in [0.29, 0.717) is 18.5 Å². The van der Waals surface area contributed by atoms with Crippen molar-refractivity contribution >= 4 is 0 Å². The first-order valence-corrected chi connectivity index (χ1v) is 6.51. The van der Waals surface area contributed by atoms with Crippen molar-refractivity contribution < 1.29 is 4.42 Å². The van der Waals surface area contributed by atoms with Gasteiger partial charge in [-0.3, -0.25) is 0 Å². The van der Waals surface area contributed by atoms with Gasteiger partial charge < -0.3 is 15.1 Å². The minimum atomic E-state index is 0.287. The number of nitrogens with two attached hydrogens (primary N) is 1. The molecule has 0 aromatic carbocycles. The van der Waals surface area contributed by atoms with Gasteiger partial charge in [-0.2, -0.15) is 0 Å². The molecule has 1 aromatic heterocycles. The zero-order chi connectivity index (χ0) is 12.4. The van der Waals surface area contributed by atoms with Gasteiger partial charge in [0, 0.05) is 31.0 Å². The van der Waals surface area contributed by atoms with Crippen molar-refractivity contribution in [2.24, 2.45) is 5.73 Å². The largest absolute Gasteiger partial charge is 0.448 e. The maximum absolute atomic E-state index is 5.64. The van der Waals surface area contributed by atoms with Crippen LogP contribution < -0.4 is 5.73 Å². The van der Waals surface area contributed by atoms with Crippen LogP contribution in [0.25, 0.3) is 0 Å². The highest BCUT2D eigenvalue weighted by Crippen LogP contribution is 2.28. The highest BCUT2D eigenvalue weighted by Gasteiger charge is 2.29. The van der Waals surface area contributed by atoms with Gasteiger partial charge in [0.15, 0.2) is 5.89 Å². The van der Waals surface area contributed by atoms with Crippen LogP contribution in [0.3, 0.4) is 0 Å². The minimum absolute atomic E-state index is 0.287. The lowest BCUT2D eigenvalue weighted by atomic mass is 10.1. The van der Waals surface area contributed by atoms with Gasteiger partial charge in [0.25, 0.3) is 0 Å². The van der Waals surface area contributed by atoms with E-state index in [1.165, 1.54) is 0 Å². The Labute approximate surface area is 103 Å². The van der Waals surface area contributed by atoms with Crippen molar-refractivity contribution in [2.75, 3.05) is 19.6 Å².